The van der Waals surface area contributed by atoms with Crippen LogP contribution in [0.5, 0.6) is 0 Å². The summed E-state index contributed by atoms with van der Waals surface area (Å²) in [6, 6.07) is 0. The van der Waals surface area contributed by atoms with E-state index in [4.69, 9.17) is 4.74 Å². The molecule has 2 fully saturated rings. The Kier molecular flexibility index (Phi) is 4.97. The van der Waals surface area contributed by atoms with Crippen molar-refractivity contribution in [1.82, 2.24) is 15.1 Å². The van der Waals surface area contributed by atoms with Gasteiger partial charge < -0.3 is 15.0 Å². The molecule has 5 nitrogen and oxygen atoms in total. The topological polar surface area (TPSA) is 44.8 Å². The lowest BCUT2D eigenvalue weighted by Crippen LogP contribution is -2.52. The van der Waals surface area contributed by atoms with Crippen molar-refractivity contribution in [2.24, 2.45) is 5.92 Å². The number of ether oxygens (including phenoxy) is 1. The van der Waals surface area contributed by atoms with E-state index in [-0.39, 0.29) is 12.0 Å². The third-order valence-electron chi connectivity index (χ3n) is 4.10. The van der Waals surface area contributed by atoms with Gasteiger partial charge in [0.2, 0.25) is 5.91 Å². The van der Waals surface area contributed by atoms with Crippen LogP contribution in [0.2, 0.25) is 0 Å². The summed E-state index contributed by atoms with van der Waals surface area (Å²) in [7, 11) is 1.77. The van der Waals surface area contributed by atoms with Gasteiger partial charge in [0.25, 0.3) is 0 Å². The van der Waals surface area contributed by atoms with E-state index < -0.39 is 0 Å². The van der Waals surface area contributed by atoms with E-state index in [1.165, 1.54) is 0 Å². The van der Waals surface area contributed by atoms with Gasteiger partial charge in [-0.25, -0.2) is 0 Å². The summed E-state index contributed by atoms with van der Waals surface area (Å²) >= 11 is 0. The number of nitrogens with one attached hydrogen (secondary N) is 1. The normalized spacial score (nSPS) is 30.4. The van der Waals surface area contributed by atoms with Crippen molar-refractivity contribution in [2.45, 2.75) is 19.4 Å². The minimum atomic E-state index is 0.265. The predicted molar refractivity (Wildman–Crippen MR) is 70.5 cm³/mol. The molecule has 2 rings (SSSR count). The molecule has 2 saturated heterocycles. The SMILES string of the molecule is COC1CN(CC(=O)N2CCNCC2)CCC1C. The molecule has 0 aliphatic carbocycles. The molecule has 0 aromatic carbocycles. The van der Waals surface area contributed by atoms with E-state index in [1.54, 1.807) is 7.11 Å². The largest absolute Gasteiger partial charge is 0.380 e. The number of likely N-dealkylation sites (tertiary alicyclic amines) is 1. The molecule has 2 aliphatic heterocycles. The Morgan fingerprint density at radius 2 is 2.06 bits per heavy atom. The first-order valence-electron chi connectivity index (χ1n) is 6.94. The minimum absolute atomic E-state index is 0.265. The molecule has 2 aliphatic rings. The molecule has 0 saturated carbocycles. The molecule has 1 N–H and O–H groups in total. The van der Waals surface area contributed by atoms with Gasteiger partial charge in [-0.2, -0.15) is 0 Å². The van der Waals surface area contributed by atoms with E-state index in [0.29, 0.717) is 12.5 Å². The third-order valence-corrected chi connectivity index (χ3v) is 4.10. The zero-order valence-electron chi connectivity index (χ0n) is 11.5. The average Bonchev–Trinajstić information content (AvgIpc) is 2.42. The fourth-order valence-electron chi connectivity index (χ4n) is 2.75. The first-order chi connectivity index (χ1) is 8.70. The van der Waals surface area contributed by atoms with Crippen LogP contribution < -0.4 is 5.32 Å². The van der Waals surface area contributed by atoms with Crippen molar-refractivity contribution < 1.29 is 9.53 Å². The Morgan fingerprint density at radius 3 is 2.72 bits per heavy atom. The van der Waals surface area contributed by atoms with Gasteiger partial charge in [-0.1, -0.05) is 6.92 Å². The standard InChI is InChI=1S/C13H25N3O2/c1-11-3-6-15(9-12(11)18-2)10-13(17)16-7-4-14-5-8-16/h11-12,14H,3-10H2,1-2H3. The Hall–Kier alpha value is -0.650. The van der Waals surface area contributed by atoms with Gasteiger partial charge in [-0.15, -0.1) is 0 Å². The molecular formula is C13H25N3O2. The maximum Gasteiger partial charge on any atom is 0.236 e. The number of rotatable bonds is 3. The van der Waals surface area contributed by atoms with E-state index in [9.17, 15) is 4.79 Å². The molecular weight excluding hydrogens is 230 g/mol. The lowest BCUT2D eigenvalue weighted by molar-refractivity contribution is -0.134. The van der Waals surface area contributed by atoms with Crippen molar-refractivity contribution in [1.29, 1.82) is 0 Å². The number of amides is 1. The highest BCUT2D eigenvalue weighted by Crippen LogP contribution is 2.19. The average molecular weight is 255 g/mol. The fourth-order valence-corrected chi connectivity index (χ4v) is 2.75. The number of methoxy groups -OCH3 is 1. The predicted octanol–water partition coefficient (Wildman–Crippen LogP) is -0.225. The Morgan fingerprint density at radius 1 is 1.33 bits per heavy atom. The second-order valence-electron chi connectivity index (χ2n) is 5.41. The second kappa shape index (κ2) is 6.50. The van der Waals surface area contributed by atoms with Crippen LogP contribution in [0.15, 0.2) is 0 Å². The van der Waals surface area contributed by atoms with E-state index in [1.807, 2.05) is 4.90 Å². The summed E-state index contributed by atoms with van der Waals surface area (Å²) in [4.78, 5) is 16.4. The molecule has 104 valence electrons. The molecule has 2 unspecified atom stereocenters. The first-order valence-corrected chi connectivity index (χ1v) is 6.94. The molecule has 5 heteroatoms. The number of nitrogens with zero attached hydrogens (tertiary/aromatic N) is 2. The van der Waals surface area contributed by atoms with Crippen molar-refractivity contribution in [3.05, 3.63) is 0 Å². The zero-order valence-corrected chi connectivity index (χ0v) is 11.5. The first kappa shape index (κ1) is 13.8. The Balaban J connectivity index is 1.80. The van der Waals surface area contributed by atoms with Crippen LogP contribution in [0.4, 0.5) is 0 Å². The number of carbonyl (C=O) groups is 1. The number of carbonyl (C=O) groups excluding carboxylic acids is 1. The van der Waals surface area contributed by atoms with Crippen LogP contribution in [0.25, 0.3) is 0 Å². The van der Waals surface area contributed by atoms with Gasteiger partial charge in [0, 0.05) is 39.8 Å². The van der Waals surface area contributed by atoms with Crippen LogP contribution in [0, 0.1) is 5.92 Å². The molecule has 2 heterocycles. The zero-order chi connectivity index (χ0) is 13.0. The van der Waals surface area contributed by atoms with Crippen molar-refractivity contribution in [2.75, 3.05) is 52.9 Å². The van der Waals surface area contributed by atoms with Gasteiger partial charge in [-0.3, -0.25) is 9.69 Å². The molecule has 2 atom stereocenters. The summed E-state index contributed by atoms with van der Waals surface area (Å²) in [5.74, 6) is 0.862. The molecule has 0 aromatic heterocycles. The fraction of sp³-hybridized carbons (Fsp3) is 0.923. The van der Waals surface area contributed by atoms with Crippen LogP contribution in [-0.4, -0.2) is 74.7 Å². The van der Waals surface area contributed by atoms with Gasteiger partial charge >= 0.3 is 0 Å². The lowest BCUT2D eigenvalue weighted by Gasteiger charge is -2.37. The van der Waals surface area contributed by atoms with Gasteiger partial charge in [0.1, 0.15) is 0 Å². The number of hydrogen-bond donors (Lipinski definition) is 1. The smallest absolute Gasteiger partial charge is 0.236 e. The molecule has 0 radical (unpaired) electrons. The molecule has 0 aromatic rings. The number of piperidine rings is 1. The van der Waals surface area contributed by atoms with Crippen molar-refractivity contribution >= 4 is 5.91 Å². The van der Waals surface area contributed by atoms with Gasteiger partial charge in [0.05, 0.1) is 12.6 Å². The van der Waals surface area contributed by atoms with Crippen LogP contribution >= 0.6 is 0 Å². The summed E-state index contributed by atoms with van der Waals surface area (Å²) in [5, 5.41) is 3.27. The van der Waals surface area contributed by atoms with E-state index in [0.717, 1.165) is 45.7 Å². The van der Waals surface area contributed by atoms with Crippen LogP contribution in [0.3, 0.4) is 0 Å². The highest BCUT2D eigenvalue weighted by molar-refractivity contribution is 5.78. The van der Waals surface area contributed by atoms with Crippen molar-refractivity contribution in [3.63, 3.8) is 0 Å². The summed E-state index contributed by atoms with van der Waals surface area (Å²) in [6.07, 6.45) is 1.39. The summed E-state index contributed by atoms with van der Waals surface area (Å²) in [5.41, 5.74) is 0. The Labute approximate surface area is 109 Å². The van der Waals surface area contributed by atoms with Crippen LogP contribution in [0.1, 0.15) is 13.3 Å². The molecule has 0 spiro atoms. The number of hydrogen-bond acceptors (Lipinski definition) is 4. The molecule has 1 amide bonds. The monoisotopic (exact) mass is 255 g/mol. The molecule has 0 bridgehead atoms. The maximum absolute atomic E-state index is 12.2. The summed E-state index contributed by atoms with van der Waals surface area (Å²) < 4.78 is 5.48. The minimum Gasteiger partial charge on any atom is -0.380 e. The second-order valence-corrected chi connectivity index (χ2v) is 5.41. The maximum atomic E-state index is 12.2. The van der Waals surface area contributed by atoms with Crippen molar-refractivity contribution in [3.8, 4) is 0 Å². The van der Waals surface area contributed by atoms with Gasteiger partial charge in [-0.05, 0) is 18.9 Å². The lowest BCUT2D eigenvalue weighted by atomic mass is 9.96. The highest BCUT2D eigenvalue weighted by Gasteiger charge is 2.28. The Bertz CT molecular complexity index is 279. The van der Waals surface area contributed by atoms with Crippen LogP contribution in [-0.2, 0) is 9.53 Å². The quantitative estimate of drug-likeness (QED) is 0.757. The van der Waals surface area contributed by atoms with Gasteiger partial charge in [0.15, 0.2) is 0 Å². The van der Waals surface area contributed by atoms with E-state index >= 15 is 0 Å². The summed E-state index contributed by atoms with van der Waals surface area (Å²) in [6.45, 7) is 8.20. The number of piperazine rings is 1. The third kappa shape index (κ3) is 3.43. The highest BCUT2D eigenvalue weighted by atomic mass is 16.5. The molecule has 18 heavy (non-hydrogen) atoms. The van der Waals surface area contributed by atoms with E-state index in [2.05, 4.69) is 17.1 Å².